The van der Waals surface area contributed by atoms with E-state index in [1.165, 1.54) is 5.56 Å². The lowest BCUT2D eigenvalue weighted by Gasteiger charge is -2.11. The average Bonchev–Trinajstić information content (AvgIpc) is 2.38. The summed E-state index contributed by atoms with van der Waals surface area (Å²) in [6.45, 7) is 4.77. The van der Waals surface area contributed by atoms with Crippen LogP contribution < -0.4 is 10.5 Å². The lowest BCUT2D eigenvalue weighted by molar-refractivity contribution is 0.306. The molecule has 0 aliphatic rings. The summed E-state index contributed by atoms with van der Waals surface area (Å²) in [5.74, 6) is 1.35. The summed E-state index contributed by atoms with van der Waals surface area (Å²) in [5, 5.41) is 0.642. The Morgan fingerprint density at radius 1 is 1.16 bits per heavy atom. The Morgan fingerprint density at radius 2 is 1.95 bits per heavy atom. The Hall–Kier alpha value is -1.67. The Labute approximate surface area is 119 Å². The third-order valence-electron chi connectivity index (χ3n) is 3.03. The quantitative estimate of drug-likeness (QED) is 0.826. The van der Waals surface area contributed by atoms with Crippen molar-refractivity contribution in [2.75, 3.05) is 5.73 Å². The molecule has 2 N–H and O–H groups in total. The lowest BCUT2D eigenvalue weighted by Crippen LogP contribution is -2.00. The second-order valence-corrected chi connectivity index (χ2v) is 5.30. The highest BCUT2D eigenvalue weighted by atomic mass is 35.5. The molecule has 0 spiro atoms. The number of benzene rings is 2. The lowest BCUT2D eigenvalue weighted by atomic mass is 10.0. The van der Waals surface area contributed by atoms with Crippen molar-refractivity contribution in [3.63, 3.8) is 0 Å². The van der Waals surface area contributed by atoms with Crippen LogP contribution in [0.15, 0.2) is 42.5 Å². The largest absolute Gasteiger partial charge is 0.489 e. The minimum Gasteiger partial charge on any atom is -0.489 e. The summed E-state index contributed by atoms with van der Waals surface area (Å²) in [4.78, 5) is 0. The molecule has 0 saturated heterocycles. The van der Waals surface area contributed by atoms with E-state index in [0.717, 1.165) is 11.3 Å². The molecule has 0 atom stereocenters. The van der Waals surface area contributed by atoms with Crippen LogP contribution >= 0.6 is 11.6 Å². The summed E-state index contributed by atoms with van der Waals surface area (Å²) in [6, 6.07) is 13.6. The minimum atomic E-state index is 0.449. The van der Waals surface area contributed by atoms with E-state index in [4.69, 9.17) is 22.1 Å². The van der Waals surface area contributed by atoms with E-state index in [-0.39, 0.29) is 0 Å². The van der Waals surface area contributed by atoms with Crippen molar-refractivity contribution < 1.29 is 4.74 Å². The molecule has 0 aliphatic carbocycles. The maximum atomic E-state index is 5.90. The van der Waals surface area contributed by atoms with Gasteiger partial charge in [-0.1, -0.05) is 43.6 Å². The molecule has 0 unspecified atom stereocenters. The first kappa shape index (κ1) is 13.8. The molecule has 0 fully saturated rings. The molecule has 0 amide bonds. The van der Waals surface area contributed by atoms with Gasteiger partial charge in [-0.2, -0.15) is 0 Å². The highest BCUT2D eigenvalue weighted by Gasteiger charge is 2.04. The van der Waals surface area contributed by atoms with Crippen molar-refractivity contribution in [2.45, 2.75) is 26.4 Å². The van der Waals surface area contributed by atoms with Crippen LogP contribution in [-0.4, -0.2) is 0 Å². The van der Waals surface area contributed by atoms with Gasteiger partial charge in [-0.15, -0.1) is 0 Å². The molecule has 2 nitrogen and oxygen atoms in total. The molecule has 19 heavy (non-hydrogen) atoms. The zero-order chi connectivity index (χ0) is 13.8. The van der Waals surface area contributed by atoms with Crippen LogP contribution in [0.25, 0.3) is 0 Å². The highest BCUT2D eigenvalue weighted by molar-refractivity contribution is 6.30. The number of halogens is 1. The smallest absolute Gasteiger partial charge is 0.120 e. The molecule has 0 aromatic heterocycles. The monoisotopic (exact) mass is 275 g/mol. The van der Waals surface area contributed by atoms with Gasteiger partial charge in [0.1, 0.15) is 12.4 Å². The van der Waals surface area contributed by atoms with E-state index < -0.39 is 0 Å². The molecule has 0 radical (unpaired) electrons. The van der Waals surface area contributed by atoms with Crippen molar-refractivity contribution in [1.82, 2.24) is 0 Å². The zero-order valence-corrected chi connectivity index (χ0v) is 11.9. The summed E-state index contributed by atoms with van der Waals surface area (Å²) in [6.07, 6.45) is 0. The third-order valence-corrected chi connectivity index (χ3v) is 3.26. The number of anilines is 1. The van der Waals surface area contributed by atoms with Crippen molar-refractivity contribution in [3.8, 4) is 5.75 Å². The second kappa shape index (κ2) is 5.98. The number of hydrogen-bond acceptors (Lipinski definition) is 2. The molecular weight excluding hydrogens is 258 g/mol. The molecule has 0 saturated carbocycles. The van der Waals surface area contributed by atoms with Crippen molar-refractivity contribution >= 4 is 17.3 Å². The first-order valence-corrected chi connectivity index (χ1v) is 6.70. The van der Waals surface area contributed by atoms with Crippen molar-refractivity contribution in [1.29, 1.82) is 0 Å². The Balaban J connectivity index is 2.08. The predicted molar refractivity (Wildman–Crippen MR) is 80.7 cm³/mol. The number of hydrogen-bond donors (Lipinski definition) is 1. The molecule has 2 aromatic rings. The van der Waals surface area contributed by atoms with Crippen LogP contribution in [0.2, 0.25) is 5.02 Å². The Bertz CT molecular complexity index is 566. The van der Waals surface area contributed by atoms with E-state index in [1.807, 2.05) is 24.3 Å². The van der Waals surface area contributed by atoms with E-state index in [2.05, 4.69) is 26.0 Å². The van der Waals surface area contributed by atoms with Gasteiger partial charge in [-0.3, -0.25) is 0 Å². The number of rotatable bonds is 4. The van der Waals surface area contributed by atoms with E-state index >= 15 is 0 Å². The minimum absolute atomic E-state index is 0.449. The molecular formula is C16H18ClNO. The summed E-state index contributed by atoms with van der Waals surface area (Å²) < 4.78 is 5.78. The first-order valence-electron chi connectivity index (χ1n) is 6.33. The average molecular weight is 276 g/mol. The highest BCUT2D eigenvalue weighted by Crippen LogP contribution is 2.23. The fourth-order valence-corrected chi connectivity index (χ4v) is 2.00. The van der Waals surface area contributed by atoms with Crippen LogP contribution in [0.3, 0.4) is 0 Å². The Morgan fingerprint density at radius 3 is 2.63 bits per heavy atom. The van der Waals surface area contributed by atoms with Crippen LogP contribution in [0.1, 0.15) is 30.9 Å². The van der Waals surface area contributed by atoms with Gasteiger partial charge in [0.15, 0.2) is 0 Å². The van der Waals surface area contributed by atoms with Crippen LogP contribution in [0.5, 0.6) is 5.75 Å². The molecule has 100 valence electrons. The predicted octanol–water partition coefficient (Wildman–Crippen LogP) is 4.62. The van der Waals surface area contributed by atoms with E-state index in [1.54, 1.807) is 6.07 Å². The molecule has 3 heteroatoms. The molecule has 0 bridgehead atoms. The number of ether oxygens (including phenoxy) is 1. The van der Waals surface area contributed by atoms with Gasteiger partial charge in [-0.05, 0) is 35.7 Å². The molecule has 0 aliphatic heterocycles. The molecule has 2 rings (SSSR count). The van der Waals surface area contributed by atoms with Gasteiger partial charge >= 0.3 is 0 Å². The fraction of sp³-hybridized carbons (Fsp3) is 0.250. The maximum Gasteiger partial charge on any atom is 0.120 e. The van der Waals surface area contributed by atoms with Gasteiger partial charge < -0.3 is 10.5 Å². The standard InChI is InChI=1S/C16H18ClNO/c1-11(2)12-4-3-5-15(8-12)19-10-13-6-7-14(17)9-16(13)18/h3-9,11H,10,18H2,1-2H3. The summed E-state index contributed by atoms with van der Waals surface area (Å²) in [5.41, 5.74) is 8.77. The normalized spacial score (nSPS) is 10.7. The van der Waals surface area contributed by atoms with Crippen molar-refractivity contribution in [3.05, 3.63) is 58.6 Å². The molecule has 2 aromatic carbocycles. The summed E-state index contributed by atoms with van der Waals surface area (Å²) >= 11 is 5.87. The SMILES string of the molecule is CC(C)c1cccc(OCc2ccc(Cl)cc2N)c1. The van der Waals surface area contributed by atoms with E-state index in [0.29, 0.717) is 23.2 Å². The fourth-order valence-electron chi connectivity index (χ4n) is 1.82. The van der Waals surface area contributed by atoms with Crippen LogP contribution in [0, 0.1) is 0 Å². The van der Waals surface area contributed by atoms with Crippen LogP contribution in [-0.2, 0) is 6.61 Å². The van der Waals surface area contributed by atoms with Gasteiger partial charge in [0, 0.05) is 16.3 Å². The topological polar surface area (TPSA) is 35.2 Å². The van der Waals surface area contributed by atoms with Crippen LogP contribution in [0.4, 0.5) is 5.69 Å². The van der Waals surface area contributed by atoms with Crippen molar-refractivity contribution in [2.24, 2.45) is 0 Å². The van der Waals surface area contributed by atoms with Gasteiger partial charge in [0.05, 0.1) is 0 Å². The third kappa shape index (κ3) is 3.65. The van der Waals surface area contributed by atoms with Gasteiger partial charge in [-0.25, -0.2) is 0 Å². The number of nitrogens with two attached hydrogens (primary N) is 1. The zero-order valence-electron chi connectivity index (χ0n) is 11.2. The number of nitrogen functional groups attached to an aromatic ring is 1. The van der Waals surface area contributed by atoms with Gasteiger partial charge in [0.2, 0.25) is 0 Å². The summed E-state index contributed by atoms with van der Waals surface area (Å²) in [7, 11) is 0. The molecule has 0 heterocycles. The van der Waals surface area contributed by atoms with Gasteiger partial charge in [0.25, 0.3) is 0 Å². The maximum absolute atomic E-state index is 5.90. The first-order chi connectivity index (χ1) is 9.06. The second-order valence-electron chi connectivity index (χ2n) is 4.86. The Kier molecular flexibility index (Phi) is 4.33. The van der Waals surface area contributed by atoms with E-state index in [9.17, 15) is 0 Å².